The molecule has 0 saturated heterocycles. The molecule has 132 valence electrons. The fourth-order valence-electron chi connectivity index (χ4n) is 2.45. The highest BCUT2D eigenvalue weighted by Crippen LogP contribution is 2.25. The van der Waals surface area contributed by atoms with Crippen LogP contribution in [0.1, 0.15) is 12.8 Å². The number of hydrogen-bond acceptors (Lipinski definition) is 8. The summed E-state index contributed by atoms with van der Waals surface area (Å²) in [5.41, 5.74) is 14.6. The first-order valence-electron chi connectivity index (χ1n) is 8.42. The van der Waals surface area contributed by atoms with Crippen molar-refractivity contribution in [2.24, 2.45) is 0 Å². The van der Waals surface area contributed by atoms with Gasteiger partial charge in [0.1, 0.15) is 0 Å². The van der Waals surface area contributed by atoms with Crippen LogP contribution in [0.15, 0.2) is 48.5 Å². The van der Waals surface area contributed by atoms with E-state index in [0.717, 1.165) is 24.2 Å². The number of anilines is 7. The third kappa shape index (κ3) is 4.10. The van der Waals surface area contributed by atoms with Gasteiger partial charge in [0.15, 0.2) is 0 Å². The van der Waals surface area contributed by atoms with Gasteiger partial charge in [-0.2, -0.15) is 15.0 Å². The molecule has 1 aliphatic rings. The number of hydrogen-bond donors (Lipinski definition) is 5. The van der Waals surface area contributed by atoms with E-state index in [4.69, 9.17) is 11.5 Å². The van der Waals surface area contributed by atoms with Crippen molar-refractivity contribution in [3.63, 3.8) is 0 Å². The smallest absolute Gasteiger partial charge is 0.233 e. The van der Waals surface area contributed by atoms with Crippen LogP contribution in [0, 0.1) is 0 Å². The lowest BCUT2D eigenvalue weighted by Crippen LogP contribution is -2.10. The molecular formula is C18H20N8. The van der Waals surface area contributed by atoms with Crippen LogP contribution in [0.25, 0.3) is 0 Å². The molecule has 26 heavy (non-hydrogen) atoms. The third-order valence-electron chi connectivity index (χ3n) is 3.83. The number of aromatic nitrogens is 3. The molecule has 0 atom stereocenters. The number of nitrogen functional groups attached to an aromatic ring is 2. The summed E-state index contributed by atoms with van der Waals surface area (Å²) in [5, 5.41) is 9.64. The van der Waals surface area contributed by atoms with Crippen molar-refractivity contribution in [2.45, 2.75) is 18.9 Å². The van der Waals surface area contributed by atoms with E-state index < -0.39 is 0 Å². The lowest BCUT2D eigenvalue weighted by molar-refractivity contribution is 1.01. The molecule has 1 heterocycles. The van der Waals surface area contributed by atoms with Gasteiger partial charge < -0.3 is 27.4 Å². The Bertz CT molecular complexity index is 857. The molecule has 0 amide bonds. The molecular weight excluding hydrogens is 328 g/mol. The van der Waals surface area contributed by atoms with Crippen LogP contribution in [0.5, 0.6) is 0 Å². The highest BCUT2D eigenvalue weighted by Gasteiger charge is 2.22. The van der Waals surface area contributed by atoms with E-state index in [1.807, 2.05) is 48.5 Å². The standard InChI is InChI=1S/C18H20N8/c19-11-3-1-5-14(9-11)22-17-24-16(21-13-7-8-13)25-18(26-17)23-15-6-2-4-12(20)10-15/h1-6,9-10,13H,7-8,19-20H2,(H3,21,22,23,24,25,26). The van der Waals surface area contributed by atoms with Crippen molar-refractivity contribution < 1.29 is 0 Å². The lowest BCUT2D eigenvalue weighted by Gasteiger charge is -2.11. The quantitative estimate of drug-likeness (QED) is 0.430. The second kappa shape index (κ2) is 6.75. The second-order valence-corrected chi connectivity index (χ2v) is 6.23. The molecule has 7 N–H and O–H groups in total. The molecule has 1 aliphatic carbocycles. The molecule has 0 aliphatic heterocycles. The monoisotopic (exact) mass is 348 g/mol. The van der Waals surface area contributed by atoms with E-state index >= 15 is 0 Å². The molecule has 0 radical (unpaired) electrons. The zero-order valence-corrected chi connectivity index (χ0v) is 14.1. The molecule has 1 aromatic heterocycles. The largest absolute Gasteiger partial charge is 0.399 e. The van der Waals surface area contributed by atoms with E-state index in [-0.39, 0.29) is 0 Å². The Labute approximate surface area is 151 Å². The first kappa shape index (κ1) is 15.9. The van der Waals surface area contributed by atoms with E-state index in [0.29, 0.717) is 35.3 Å². The van der Waals surface area contributed by atoms with Crippen molar-refractivity contribution in [3.8, 4) is 0 Å². The van der Waals surface area contributed by atoms with Crippen molar-refractivity contribution >= 4 is 40.6 Å². The van der Waals surface area contributed by atoms with Crippen LogP contribution < -0.4 is 27.4 Å². The van der Waals surface area contributed by atoms with Gasteiger partial charge in [-0.3, -0.25) is 0 Å². The second-order valence-electron chi connectivity index (χ2n) is 6.23. The van der Waals surface area contributed by atoms with E-state index in [9.17, 15) is 0 Å². The SMILES string of the molecule is Nc1cccc(Nc2nc(Nc3cccc(N)c3)nc(NC3CC3)n2)c1. The van der Waals surface area contributed by atoms with Crippen molar-refractivity contribution in [2.75, 3.05) is 27.4 Å². The van der Waals surface area contributed by atoms with Crippen LogP contribution in [-0.2, 0) is 0 Å². The maximum absolute atomic E-state index is 5.83. The summed E-state index contributed by atoms with van der Waals surface area (Å²) in [6.45, 7) is 0. The van der Waals surface area contributed by atoms with Crippen LogP contribution >= 0.6 is 0 Å². The Morgan fingerprint density at radius 3 is 1.69 bits per heavy atom. The Morgan fingerprint density at radius 2 is 1.23 bits per heavy atom. The van der Waals surface area contributed by atoms with Gasteiger partial charge in [-0.05, 0) is 49.2 Å². The number of nitrogens with two attached hydrogens (primary N) is 2. The molecule has 1 saturated carbocycles. The van der Waals surface area contributed by atoms with Crippen molar-refractivity contribution in [1.82, 2.24) is 15.0 Å². The Morgan fingerprint density at radius 1 is 0.731 bits per heavy atom. The maximum Gasteiger partial charge on any atom is 0.233 e. The Hall–Kier alpha value is -3.55. The topological polar surface area (TPSA) is 127 Å². The predicted molar refractivity (Wildman–Crippen MR) is 105 cm³/mol. The van der Waals surface area contributed by atoms with Crippen LogP contribution in [-0.4, -0.2) is 21.0 Å². The minimum Gasteiger partial charge on any atom is -0.399 e. The highest BCUT2D eigenvalue weighted by atomic mass is 15.3. The van der Waals surface area contributed by atoms with Crippen molar-refractivity contribution in [1.29, 1.82) is 0 Å². The predicted octanol–water partition coefficient (Wildman–Crippen LogP) is 3.10. The van der Waals surface area contributed by atoms with Gasteiger partial charge in [0.25, 0.3) is 0 Å². The average molecular weight is 348 g/mol. The normalized spacial score (nSPS) is 13.2. The van der Waals surface area contributed by atoms with Gasteiger partial charge in [-0.25, -0.2) is 0 Å². The fraction of sp³-hybridized carbons (Fsp3) is 0.167. The minimum atomic E-state index is 0.429. The summed E-state index contributed by atoms with van der Waals surface area (Å²) in [5.74, 6) is 1.39. The third-order valence-corrected chi connectivity index (χ3v) is 3.83. The molecule has 4 rings (SSSR count). The first-order valence-corrected chi connectivity index (χ1v) is 8.42. The van der Waals surface area contributed by atoms with Gasteiger partial charge >= 0.3 is 0 Å². The van der Waals surface area contributed by atoms with Gasteiger partial charge in [0.2, 0.25) is 17.8 Å². The lowest BCUT2D eigenvalue weighted by atomic mass is 10.3. The Kier molecular flexibility index (Phi) is 4.14. The molecule has 8 heteroatoms. The van der Waals surface area contributed by atoms with Gasteiger partial charge in [0, 0.05) is 28.8 Å². The van der Waals surface area contributed by atoms with Crippen LogP contribution in [0.4, 0.5) is 40.6 Å². The first-order chi connectivity index (χ1) is 12.6. The molecule has 8 nitrogen and oxygen atoms in total. The van der Waals surface area contributed by atoms with E-state index in [2.05, 4.69) is 30.9 Å². The van der Waals surface area contributed by atoms with Gasteiger partial charge in [-0.15, -0.1) is 0 Å². The van der Waals surface area contributed by atoms with Crippen molar-refractivity contribution in [3.05, 3.63) is 48.5 Å². The number of benzene rings is 2. The zero-order valence-electron chi connectivity index (χ0n) is 14.1. The van der Waals surface area contributed by atoms with Gasteiger partial charge in [0.05, 0.1) is 0 Å². The number of nitrogens with one attached hydrogen (secondary N) is 3. The minimum absolute atomic E-state index is 0.429. The van der Waals surface area contributed by atoms with Gasteiger partial charge in [-0.1, -0.05) is 12.1 Å². The summed E-state index contributed by atoms with van der Waals surface area (Å²) in [6, 6.07) is 15.3. The van der Waals surface area contributed by atoms with Crippen LogP contribution in [0.2, 0.25) is 0 Å². The summed E-state index contributed by atoms with van der Waals surface area (Å²) in [7, 11) is 0. The van der Waals surface area contributed by atoms with E-state index in [1.165, 1.54) is 0 Å². The summed E-state index contributed by atoms with van der Waals surface area (Å²) in [6.07, 6.45) is 2.25. The Balaban J connectivity index is 1.61. The molecule has 0 unspecified atom stereocenters. The van der Waals surface area contributed by atoms with Crippen LogP contribution in [0.3, 0.4) is 0 Å². The zero-order chi connectivity index (χ0) is 17.9. The summed E-state index contributed by atoms with van der Waals surface area (Å²) >= 11 is 0. The summed E-state index contributed by atoms with van der Waals surface area (Å²) in [4.78, 5) is 13.3. The molecule has 0 bridgehead atoms. The highest BCUT2D eigenvalue weighted by molar-refractivity contribution is 5.63. The average Bonchev–Trinajstić information content (AvgIpc) is 3.38. The number of rotatable bonds is 6. The molecule has 2 aromatic carbocycles. The van der Waals surface area contributed by atoms with E-state index in [1.54, 1.807) is 0 Å². The molecule has 1 fully saturated rings. The molecule has 3 aromatic rings. The maximum atomic E-state index is 5.83. The summed E-state index contributed by atoms with van der Waals surface area (Å²) < 4.78 is 0. The molecule has 0 spiro atoms. The fourth-order valence-corrected chi connectivity index (χ4v) is 2.45. The number of nitrogens with zero attached hydrogens (tertiary/aromatic N) is 3.